The summed E-state index contributed by atoms with van der Waals surface area (Å²) in [6.45, 7) is 2.26. The fourth-order valence-corrected chi connectivity index (χ4v) is 2.61. The van der Waals surface area contributed by atoms with Crippen LogP contribution in [0.5, 0.6) is 5.88 Å². The first-order valence-corrected chi connectivity index (χ1v) is 6.88. The first-order valence-electron chi connectivity index (χ1n) is 6.88. The highest BCUT2D eigenvalue weighted by Gasteiger charge is 2.62. The Kier molecular flexibility index (Phi) is 4.82. The number of aromatic nitrogens is 1. The van der Waals surface area contributed by atoms with E-state index in [1.165, 1.54) is 0 Å². The molecule has 0 N–H and O–H groups in total. The predicted octanol–water partition coefficient (Wildman–Crippen LogP) is 3.60. The Hall–Kier alpha value is -2.19. The van der Waals surface area contributed by atoms with Gasteiger partial charge in [0.25, 0.3) is 17.9 Å². The molecule has 1 aromatic heterocycles. The fourth-order valence-electron chi connectivity index (χ4n) is 2.61. The number of halogens is 5. The lowest BCUT2D eigenvalue weighted by Crippen LogP contribution is -2.14. The van der Waals surface area contributed by atoms with E-state index in [0.29, 0.717) is 6.08 Å². The Bertz CT molecular complexity index is 701. The smallest absolute Gasteiger partial charge is 0.310 e. The number of ether oxygens (including phenoxy) is 2. The van der Waals surface area contributed by atoms with E-state index in [1.807, 2.05) is 0 Å². The fraction of sp³-hybridized carbons (Fsp3) is 0.467. The Morgan fingerprint density at radius 3 is 2.42 bits per heavy atom. The third-order valence-electron chi connectivity index (χ3n) is 4.12. The number of pyridine rings is 1. The average molecular weight is 351 g/mol. The number of carbonyl (C=O) groups is 1. The van der Waals surface area contributed by atoms with E-state index >= 15 is 0 Å². The highest BCUT2D eigenvalue weighted by atomic mass is 19.3. The zero-order valence-corrected chi connectivity index (χ0v) is 13.0. The molecule has 1 heterocycles. The molecule has 1 aliphatic carbocycles. The van der Waals surface area contributed by atoms with Gasteiger partial charge in [-0.1, -0.05) is 13.8 Å². The molecule has 2 rings (SSSR count). The van der Waals surface area contributed by atoms with Crippen molar-refractivity contribution in [3.8, 4) is 5.88 Å². The molecule has 132 valence electrons. The summed E-state index contributed by atoms with van der Waals surface area (Å²) >= 11 is 0. The Labute approximate surface area is 134 Å². The lowest BCUT2D eigenvalue weighted by molar-refractivity contribution is -0.147. The number of methoxy groups -OCH3 is 1. The van der Waals surface area contributed by atoms with Crippen LogP contribution in [-0.2, 0) is 16.1 Å². The van der Waals surface area contributed by atoms with Crippen molar-refractivity contribution in [3.05, 3.63) is 35.3 Å². The predicted molar refractivity (Wildman–Crippen MR) is 71.5 cm³/mol. The SMILES string of the molecule is COc1nc(F)c(F)c(COC(=O)C2C(C=C(F)F)C2(C)C)c1F. The van der Waals surface area contributed by atoms with Crippen LogP contribution in [0.1, 0.15) is 19.4 Å². The van der Waals surface area contributed by atoms with Crippen LogP contribution in [0.15, 0.2) is 12.2 Å². The molecule has 2 atom stereocenters. The lowest BCUT2D eigenvalue weighted by atomic mass is 10.1. The van der Waals surface area contributed by atoms with Gasteiger partial charge in [0.05, 0.1) is 18.6 Å². The number of nitrogens with zero attached hydrogens (tertiary/aromatic N) is 1. The maximum Gasteiger partial charge on any atom is 0.310 e. The summed E-state index contributed by atoms with van der Waals surface area (Å²) in [4.78, 5) is 14.9. The topological polar surface area (TPSA) is 48.4 Å². The van der Waals surface area contributed by atoms with Gasteiger partial charge in [-0.15, -0.1) is 0 Å². The highest BCUT2D eigenvalue weighted by Crippen LogP contribution is 2.60. The van der Waals surface area contributed by atoms with Crippen molar-refractivity contribution < 1.29 is 36.2 Å². The summed E-state index contributed by atoms with van der Waals surface area (Å²) in [6, 6.07) is 0. The molecule has 0 saturated heterocycles. The van der Waals surface area contributed by atoms with E-state index in [-0.39, 0.29) is 0 Å². The number of hydrogen-bond acceptors (Lipinski definition) is 4. The third kappa shape index (κ3) is 3.20. The number of rotatable bonds is 5. The van der Waals surface area contributed by atoms with Crippen molar-refractivity contribution in [2.45, 2.75) is 20.5 Å². The van der Waals surface area contributed by atoms with Crippen molar-refractivity contribution >= 4 is 5.97 Å². The molecule has 2 unspecified atom stereocenters. The van der Waals surface area contributed by atoms with Crippen LogP contribution in [0.4, 0.5) is 22.0 Å². The second-order valence-electron chi connectivity index (χ2n) is 5.91. The zero-order valence-electron chi connectivity index (χ0n) is 13.0. The first kappa shape index (κ1) is 18.2. The molecule has 0 bridgehead atoms. The zero-order chi connectivity index (χ0) is 18.2. The number of hydrogen-bond donors (Lipinski definition) is 0. The summed E-state index contributed by atoms with van der Waals surface area (Å²) in [6.07, 6.45) is -1.29. The minimum absolute atomic E-state index is 0.641. The van der Waals surface area contributed by atoms with Crippen molar-refractivity contribution in [1.29, 1.82) is 0 Å². The molecular formula is C15H14F5NO3. The number of carbonyl (C=O) groups excluding carboxylic acids is 1. The molecule has 1 fully saturated rings. The van der Waals surface area contributed by atoms with Gasteiger partial charge in [-0.2, -0.15) is 18.2 Å². The summed E-state index contributed by atoms with van der Waals surface area (Å²) in [5.41, 5.74) is -1.63. The molecule has 0 aliphatic heterocycles. The van der Waals surface area contributed by atoms with Gasteiger partial charge in [-0.05, 0) is 11.5 Å². The summed E-state index contributed by atoms with van der Waals surface area (Å²) in [5, 5.41) is 0. The first-order chi connectivity index (χ1) is 11.1. The molecule has 0 radical (unpaired) electrons. The van der Waals surface area contributed by atoms with Crippen molar-refractivity contribution in [1.82, 2.24) is 4.98 Å². The largest absolute Gasteiger partial charge is 0.479 e. The summed E-state index contributed by atoms with van der Waals surface area (Å²) in [5.74, 6) is -7.82. The van der Waals surface area contributed by atoms with Gasteiger partial charge in [0.1, 0.15) is 6.61 Å². The normalized spacial score (nSPS) is 21.2. The Balaban J connectivity index is 2.14. The maximum atomic E-state index is 13.9. The van der Waals surface area contributed by atoms with E-state index in [1.54, 1.807) is 13.8 Å². The molecule has 0 aromatic carbocycles. The quantitative estimate of drug-likeness (QED) is 0.462. The van der Waals surface area contributed by atoms with Crippen molar-refractivity contribution in [2.75, 3.05) is 7.11 Å². The molecule has 0 amide bonds. The minimum atomic E-state index is -1.93. The van der Waals surface area contributed by atoms with Crippen molar-refractivity contribution in [3.63, 3.8) is 0 Å². The Morgan fingerprint density at radius 1 is 1.25 bits per heavy atom. The second-order valence-corrected chi connectivity index (χ2v) is 5.91. The molecule has 1 aromatic rings. The van der Waals surface area contributed by atoms with Gasteiger partial charge >= 0.3 is 5.97 Å². The van der Waals surface area contributed by atoms with Gasteiger partial charge in [0, 0.05) is 5.92 Å². The molecule has 4 nitrogen and oxygen atoms in total. The van der Waals surface area contributed by atoms with Crippen LogP contribution < -0.4 is 4.74 Å². The molecule has 1 aliphatic rings. The van der Waals surface area contributed by atoms with Gasteiger partial charge in [0.15, 0.2) is 11.6 Å². The van der Waals surface area contributed by atoms with Gasteiger partial charge in [-0.3, -0.25) is 4.79 Å². The van der Waals surface area contributed by atoms with Crippen LogP contribution >= 0.6 is 0 Å². The number of esters is 1. The minimum Gasteiger partial charge on any atom is -0.479 e. The van der Waals surface area contributed by atoms with Crippen LogP contribution in [0.2, 0.25) is 0 Å². The van der Waals surface area contributed by atoms with Gasteiger partial charge < -0.3 is 9.47 Å². The van der Waals surface area contributed by atoms with Crippen LogP contribution in [0.25, 0.3) is 0 Å². The van der Waals surface area contributed by atoms with Gasteiger partial charge in [0.2, 0.25) is 0 Å². The van der Waals surface area contributed by atoms with E-state index in [4.69, 9.17) is 4.74 Å². The van der Waals surface area contributed by atoms with Crippen LogP contribution in [0.3, 0.4) is 0 Å². The second kappa shape index (κ2) is 6.37. The molecule has 24 heavy (non-hydrogen) atoms. The number of allylic oxidation sites excluding steroid dienone is 1. The maximum absolute atomic E-state index is 13.9. The summed E-state index contributed by atoms with van der Waals surface area (Å²) in [7, 11) is 1.01. The lowest BCUT2D eigenvalue weighted by Gasteiger charge is -2.10. The van der Waals surface area contributed by atoms with E-state index in [2.05, 4.69) is 9.72 Å². The van der Waals surface area contributed by atoms with Crippen LogP contribution in [-0.4, -0.2) is 18.1 Å². The molecular weight excluding hydrogens is 337 g/mol. The van der Waals surface area contributed by atoms with E-state index < -0.39 is 64.9 Å². The monoisotopic (exact) mass is 351 g/mol. The highest BCUT2D eigenvalue weighted by molar-refractivity contribution is 5.78. The van der Waals surface area contributed by atoms with E-state index in [9.17, 15) is 26.7 Å². The average Bonchev–Trinajstić information content (AvgIpc) is 3.02. The van der Waals surface area contributed by atoms with Crippen LogP contribution in [0, 0.1) is 34.8 Å². The standard InChI is InChI=1S/C15H14F5NO3/c1-15(2)7(4-8(16)17)9(15)14(22)24-5-6-10(18)12(20)21-13(23-3)11(6)19/h4,7,9H,5H2,1-3H3. The summed E-state index contributed by atoms with van der Waals surface area (Å²) < 4.78 is 74.7. The molecule has 9 heteroatoms. The van der Waals surface area contributed by atoms with E-state index in [0.717, 1.165) is 7.11 Å². The molecule has 0 spiro atoms. The Morgan fingerprint density at radius 2 is 1.88 bits per heavy atom. The van der Waals surface area contributed by atoms with Gasteiger partial charge in [-0.25, -0.2) is 8.78 Å². The third-order valence-corrected chi connectivity index (χ3v) is 4.12. The molecule has 1 saturated carbocycles. The van der Waals surface area contributed by atoms with Crippen molar-refractivity contribution in [2.24, 2.45) is 17.3 Å².